The Morgan fingerprint density at radius 2 is 1.82 bits per heavy atom. The first kappa shape index (κ1) is 19.2. The molecule has 6 nitrogen and oxygen atoms in total. The van der Waals surface area contributed by atoms with Crippen LogP contribution in [-0.2, 0) is 22.6 Å². The third-order valence-electron chi connectivity index (χ3n) is 4.23. The molecule has 6 heteroatoms. The van der Waals surface area contributed by atoms with Crippen LogP contribution in [0.4, 0.5) is 0 Å². The zero-order valence-corrected chi connectivity index (χ0v) is 15.7. The van der Waals surface area contributed by atoms with Crippen molar-refractivity contribution in [2.75, 3.05) is 0 Å². The van der Waals surface area contributed by atoms with Crippen LogP contribution in [-0.4, -0.2) is 22.5 Å². The molecule has 142 valence electrons. The highest BCUT2D eigenvalue weighted by Gasteiger charge is 2.08. The zero-order valence-electron chi connectivity index (χ0n) is 15.7. The van der Waals surface area contributed by atoms with Gasteiger partial charge in [0.05, 0.1) is 12.8 Å². The zero-order chi connectivity index (χ0) is 19.8. The second-order valence-electron chi connectivity index (χ2n) is 6.51. The molecular weight excluding hydrogens is 352 g/mol. The van der Waals surface area contributed by atoms with Crippen molar-refractivity contribution in [1.29, 1.82) is 0 Å². The lowest BCUT2D eigenvalue weighted by Crippen LogP contribution is -2.26. The quantitative estimate of drug-likeness (QED) is 0.493. The number of fused-ring (bicyclic) bond motifs is 1. The van der Waals surface area contributed by atoms with Crippen LogP contribution < -0.4 is 10.7 Å². The van der Waals surface area contributed by atoms with E-state index in [9.17, 15) is 9.59 Å². The molecule has 0 aliphatic heterocycles. The predicted molar refractivity (Wildman–Crippen MR) is 110 cm³/mol. The predicted octanol–water partition coefficient (Wildman–Crippen LogP) is 2.98. The first-order valence-corrected chi connectivity index (χ1v) is 9.06. The number of carbonyl (C=O) groups excluding carboxylic acids is 2. The molecule has 0 bridgehead atoms. The molecule has 0 aliphatic carbocycles. The average molecular weight is 374 g/mol. The Balaban J connectivity index is 1.49. The van der Waals surface area contributed by atoms with Gasteiger partial charge in [-0.05, 0) is 34.9 Å². The second-order valence-corrected chi connectivity index (χ2v) is 6.51. The van der Waals surface area contributed by atoms with Crippen LogP contribution in [0.15, 0.2) is 72.1 Å². The van der Waals surface area contributed by atoms with E-state index in [1.165, 1.54) is 0 Å². The van der Waals surface area contributed by atoms with Gasteiger partial charge in [0, 0.05) is 24.7 Å². The van der Waals surface area contributed by atoms with Crippen molar-refractivity contribution in [3.8, 4) is 0 Å². The van der Waals surface area contributed by atoms with Crippen molar-refractivity contribution in [2.24, 2.45) is 5.10 Å². The molecule has 0 saturated carbocycles. The summed E-state index contributed by atoms with van der Waals surface area (Å²) in [6, 6.07) is 17.5. The van der Waals surface area contributed by atoms with Crippen molar-refractivity contribution in [3.05, 3.63) is 78.1 Å². The minimum atomic E-state index is -0.216. The largest absolute Gasteiger partial charge is 0.352 e. The number of amides is 2. The first-order chi connectivity index (χ1) is 13.6. The Morgan fingerprint density at radius 1 is 1.00 bits per heavy atom. The van der Waals surface area contributed by atoms with E-state index in [0.29, 0.717) is 12.3 Å². The van der Waals surface area contributed by atoms with Gasteiger partial charge in [-0.2, -0.15) is 5.10 Å². The number of nitrogens with zero attached hydrogens (tertiary/aromatic N) is 2. The summed E-state index contributed by atoms with van der Waals surface area (Å²) < 4.78 is 0. The molecule has 0 spiro atoms. The lowest BCUT2D eigenvalue weighted by Gasteiger charge is -2.07. The smallest absolute Gasteiger partial charge is 0.244 e. The highest BCUT2D eigenvalue weighted by atomic mass is 16.2. The van der Waals surface area contributed by atoms with Gasteiger partial charge in [-0.3, -0.25) is 14.6 Å². The summed E-state index contributed by atoms with van der Waals surface area (Å²) in [6.07, 6.45) is 3.73. The van der Waals surface area contributed by atoms with Crippen LogP contribution in [0, 0.1) is 0 Å². The number of hydrogen-bond acceptors (Lipinski definition) is 4. The summed E-state index contributed by atoms with van der Waals surface area (Å²) in [4.78, 5) is 28.2. The molecule has 2 aromatic carbocycles. The van der Waals surface area contributed by atoms with E-state index in [1.807, 2.05) is 54.6 Å². The molecule has 0 aliphatic rings. The fourth-order valence-electron chi connectivity index (χ4n) is 2.85. The van der Waals surface area contributed by atoms with Crippen LogP contribution in [0.3, 0.4) is 0 Å². The van der Waals surface area contributed by atoms with Crippen molar-refractivity contribution in [1.82, 2.24) is 15.7 Å². The molecule has 1 heterocycles. The first-order valence-electron chi connectivity index (χ1n) is 9.06. The Kier molecular flexibility index (Phi) is 6.46. The fraction of sp³-hybridized carbons (Fsp3) is 0.182. The monoisotopic (exact) mass is 374 g/mol. The van der Waals surface area contributed by atoms with E-state index >= 15 is 0 Å². The Morgan fingerprint density at radius 3 is 2.64 bits per heavy atom. The summed E-state index contributed by atoms with van der Waals surface area (Å²) in [5.41, 5.74) is 4.94. The van der Waals surface area contributed by atoms with E-state index in [0.717, 1.165) is 21.9 Å². The molecule has 1 aromatic heterocycles. The molecule has 0 saturated heterocycles. The normalized spacial score (nSPS) is 11.2. The number of carbonyl (C=O) groups is 2. The molecule has 3 aromatic rings. The minimum absolute atomic E-state index is 0.120. The Bertz CT molecular complexity index is 994. The summed E-state index contributed by atoms with van der Waals surface area (Å²) in [5.74, 6) is -0.375. The van der Waals surface area contributed by atoms with E-state index in [-0.39, 0.29) is 24.7 Å². The fourth-order valence-corrected chi connectivity index (χ4v) is 2.85. The third kappa shape index (κ3) is 5.48. The highest BCUT2D eigenvalue weighted by molar-refractivity contribution is 6.00. The average Bonchev–Trinajstić information content (AvgIpc) is 2.72. The Hall–Kier alpha value is -3.54. The van der Waals surface area contributed by atoms with Gasteiger partial charge >= 0.3 is 0 Å². The molecule has 0 atom stereocenters. The van der Waals surface area contributed by atoms with Crippen LogP contribution in [0.2, 0.25) is 0 Å². The van der Waals surface area contributed by atoms with Crippen LogP contribution in [0.25, 0.3) is 10.8 Å². The van der Waals surface area contributed by atoms with Crippen molar-refractivity contribution >= 4 is 28.3 Å². The standard InChI is InChI=1S/C22H22N4O2/c1-16(12-21(27)24-15-17-6-5-11-23-14-17)25-26-22(28)13-19-9-4-8-18-7-2-3-10-20(18)19/h2-11,14H,12-13,15H2,1H3,(H,24,27)(H,26,28). The number of hydrazone groups is 1. The number of pyridine rings is 1. The van der Waals surface area contributed by atoms with Gasteiger partial charge in [-0.1, -0.05) is 48.5 Å². The molecule has 0 radical (unpaired) electrons. The second kappa shape index (κ2) is 9.41. The number of benzene rings is 2. The number of nitrogens with one attached hydrogen (secondary N) is 2. The summed E-state index contributed by atoms with van der Waals surface area (Å²) >= 11 is 0. The van der Waals surface area contributed by atoms with E-state index in [1.54, 1.807) is 19.3 Å². The highest BCUT2D eigenvalue weighted by Crippen LogP contribution is 2.18. The SMILES string of the molecule is CC(CC(=O)NCc1cccnc1)=NNC(=O)Cc1cccc2ccccc12. The molecule has 2 N–H and O–H groups in total. The summed E-state index contributed by atoms with van der Waals surface area (Å²) in [7, 11) is 0. The molecule has 0 unspecified atom stereocenters. The third-order valence-corrected chi connectivity index (χ3v) is 4.23. The van der Waals surface area contributed by atoms with Gasteiger partial charge in [0.25, 0.3) is 0 Å². The number of hydrogen-bond donors (Lipinski definition) is 2. The van der Waals surface area contributed by atoms with E-state index < -0.39 is 0 Å². The Labute approximate surface area is 163 Å². The van der Waals surface area contributed by atoms with Crippen molar-refractivity contribution in [2.45, 2.75) is 26.3 Å². The van der Waals surface area contributed by atoms with Gasteiger partial charge in [0.15, 0.2) is 0 Å². The van der Waals surface area contributed by atoms with Crippen molar-refractivity contribution < 1.29 is 9.59 Å². The van der Waals surface area contributed by atoms with Gasteiger partial charge in [-0.15, -0.1) is 0 Å². The van der Waals surface area contributed by atoms with E-state index in [2.05, 4.69) is 20.8 Å². The number of rotatable bonds is 7. The van der Waals surface area contributed by atoms with Crippen LogP contribution in [0.5, 0.6) is 0 Å². The maximum atomic E-state index is 12.2. The molecule has 2 amide bonds. The van der Waals surface area contributed by atoms with Crippen molar-refractivity contribution in [3.63, 3.8) is 0 Å². The van der Waals surface area contributed by atoms with Gasteiger partial charge in [-0.25, -0.2) is 5.43 Å². The van der Waals surface area contributed by atoms with Gasteiger partial charge in [0.2, 0.25) is 11.8 Å². The lowest BCUT2D eigenvalue weighted by atomic mass is 10.0. The summed E-state index contributed by atoms with van der Waals surface area (Å²) in [6.45, 7) is 2.12. The van der Waals surface area contributed by atoms with Crippen LogP contribution in [0.1, 0.15) is 24.5 Å². The number of aromatic nitrogens is 1. The van der Waals surface area contributed by atoms with Gasteiger partial charge < -0.3 is 5.32 Å². The molecule has 3 rings (SSSR count). The van der Waals surface area contributed by atoms with Gasteiger partial charge in [0.1, 0.15) is 0 Å². The topological polar surface area (TPSA) is 83.4 Å². The molecule has 0 fully saturated rings. The minimum Gasteiger partial charge on any atom is -0.352 e. The maximum absolute atomic E-state index is 12.2. The van der Waals surface area contributed by atoms with Crippen LogP contribution >= 0.6 is 0 Å². The molecular formula is C22H22N4O2. The maximum Gasteiger partial charge on any atom is 0.244 e. The lowest BCUT2D eigenvalue weighted by molar-refractivity contribution is -0.121. The summed E-state index contributed by atoms with van der Waals surface area (Å²) in [5, 5.41) is 8.99. The van der Waals surface area contributed by atoms with E-state index in [4.69, 9.17) is 0 Å². The molecule has 28 heavy (non-hydrogen) atoms.